The number of amides is 1. The molecular formula is C22H25ClF3N3O. The SMILES string of the molecule is Cc1ccc(NCC2CCC(NC(=O)c3c(F)c(C)c(F)c(F)c3Cl)CC2)c(C)n1. The summed E-state index contributed by atoms with van der Waals surface area (Å²) >= 11 is 5.70. The standard InChI is InChI=1S/C22H25ClF3N3O/c1-11-4-9-16(13(3)28-11)27-10-14-5-7-15(8-6-14)29-22(30)17-18(23)21(26)20(25)12(2)19(17)24/h4,9,14-15,27H,5-8,10H2,1-3H3,(H,29,30). The van der Waals surface area contributed by atoms with E-state index < -0.39 is 39.5 Å². The van der Waals surface area contributed by atoms with Crippen molar-refractivity contribution in [3.05, 3.63) is 57.1 Å². The number of aryl methyl sites for hydroxylation is 2. The minimum atomic E-state index is -1.41. The van der Waals surface area contributed by atoms with E-state index in [0.717, 1.165) is 43.4 Å². The highest BCUT2D eigenvalue weighted by Gasteiger charge is 2.29. The van der Waals surface area contributed by atoms with E-state index in [1.54, 1.807) is 0 Å². The van der Waals surface area contributed by atoms with Gasteiger partial charge in [0.2, 0.25) is 0 Å². The predicted molar refractivity (Wildman–Crippen MR) is 111 cm³/mol. The number of halogens is 4. The summed E-state index contributed by atoms with van der Waals surface area (Å²) in [5, 5.41) is 5.32. The number of pyridine rings is 1. The van der Waals surface area contributed by atoms with E-state index in [0.29, 0.717) is 18.8 Å². The van der Waals surface area contributed by atoms with Crippen LogP contribution in [0.2, 0.25) is 5.02 Å². The Morgan fingerprint density at radius 3 is 2.37 bits per heavy atom. The Morgan fingerprint density at radius 1 is 1.07 bits per heavy atom. The van der Waals surface area contributed by atoms with Gasteiger partial charge in [-0.3, -0.25) is 9.78 Å². The molecule has 1 heterocycles. The van der Waals surface area contributed by atoms with E-state index in [1.807, 2.05) is 26.0 Å². The van der Waals surface area contributed by atoms with Gasteiger partial charge in [-0.2, -0.15) is 0 Å². The van der Waals surface area contributed by atoms with E-state index in [9.17, 15) is 18.0 Å². The first-order valence-electron chi connectivity index (χ1n) is 10.0. The van der Waals surface area contributed by atoms with Crippen LogP contribution in [0.15, 0.2) is 12.1 Å². The van der Waals surface area contributed by atoms with Crippen LogP contribution in [0, 0.1) is 44.1 Å². The second-order valence-corrected chi connectivity index (χ2v) is 8.29. The lowest BCUT2D eigenvalue weighted by molar-refractivity contribution is 0.0918. The summed E-state index contributed by atoms with van der Waals surface area (Å²) in [5.41, 5.74) is 1.74. The molecule has 1 aromatic heterocycles. The summed E-state index contributed by atoms with van der Waals surface area (Å²) in [6.45, 7) is 5.79. The lowest BCUT2D eigenvalue weighted by Crippen LogP contribution is -2.39. The predicted octanol–water partition coefficient (Wildman–Crippen LogP) is 5.48. The van der Waals surface area contributed by atoms with Crippen LogP contribution >= 0.6 is 11.6 Å². The average molecular weight is 440 g/mol. The second-order valence-electron chi connectivity index (χ2n) is 7.91. The molecule has 1 aliphatic rings. The molecule has 0 bridgehead atoms. The number of hydrogen-bond acceptors (Lipinski definition) is 3. The molecule has 0 atom stereocenters. The Bertz CT molecular complexity index is 930. The number of carbonyl (C=O) groups is 1. The smallest absolute Gasteiger partial charge is 0.256 e. The lowest BCUT2D eigenvalue weighted by Gasteiger charge is -2.29. The maximum atomic E-state index is 14.3. The molecule has 1 aromatic carbocycles. The third-order valence-electron chi connectivity index (χ3n) is 5.70. The van der Waals surface area contributed by atoms with Gasteiger partial charge >= 0.3 is 0 Å². The summed E-state index contributed by atoms with van der Waals surface area (Å²) in [6.07, 6.45) is 3.18. The molecule has 1 fully saturated rings. The first-order valence-corrected chi connectivity index (χ1v) is 10.4. The molecule has 0 radical (unpaired) electrons. The molecule has 1 saturated carbocycles. The molecule has 162 valence electrons. The van der Waals surface area contributed by atoms with E-state index in [-0.39, 0.29) is 6.04 Å². The van der Waals surface area contributed by atoms with E-state index in [4.69, 9.17) is 11.6 Å². The summed E-state index contributed by atoms with van der Waals surface area (Å²) in [4.78, 5) is 16.9. The van der Waals surface area contributed by atoms with Crippen LogP contribution in [0.1, 0.15) is 53.0 Å². The van der Waals surface area contributed by atoms with Gasteiger partial charge in [0, 0.05) is 23.8 Å². The number of benzene rings is 1. The van der Waals surface area contributed by atoms with Crippen molar-refractivity contribution < 1.29 is 18.0 Å². The number of rotatable bonds is 5. The van der Waals surface area contributed by atoms with E-state index in [1.165, 1.54) is 0 Å². The molecule has 2 N–H and O–H groups in total. The Morgan fingerprint density at radius 2 is 1.73 bits per heavy atom. The molecular weight excluding hydrogens is 415 g/mol. The van der Waals surface area contributed by atoms with Gasteiger partial charge in [0.25, 0.3) is 5.91 Å². The number of nitrogens with one attached hydrogen (secondary N) is 2. The van der Waals surface area contributed by atoms with Gasteiger partial charge in [0.15, 0.2) is 11.6 Å². The highest BCUT2D eigenvalue weighted by molar-refractivity contribution is 6.34. The number of anilines is 1. The van der Waals surface area contributed by atoms with Crippen LogP contribution in [-0.4, -0.2) is 23.5 Å². The molecule has 1 aliphatic carbocycles. The fraction of sp³-hybridized carbons (Fsp3) is 0.455. The minimum absolute atomic E-state index is 0.166. The highest BCUT2D eigenvalue weighted by atomic mass is 35.5. The Kier molecular flexibility index (Phi) is 6.91. The van der Waals surface area contributed by atoms with Crippen molar-refractivity contribution in [2.24, 2.45) is 5.92 Å². The Balaban J connectivity index is 1.55. The van der Waals surface area contributed by atoms with Gasteiger partial charge in [0.1, 0.15) is 5.82 Å². The number of hydrogen-bond donors (Lipinski definition) is 2. The summed E-state index contributed by atoms with van der Waals surface area (Å²) in [5.74, 6) is -4.29. The molecule has 4 nitrogen and oxygen atoms in total. The van der Waals surface area contributed by atoms with E-state index in [2.05, 4.69) is 15.6 Å². The number of aromatic nitrogens is 1. The fourth-order valence-electron chi connectivity index (χ4n) is 3.85. The van der Waals surface area contributed by atoms with Gasteiger partial charge in [-0.15, -0.1) is 0 Å². The summed E-state index contributed by atoms with van der Waals surface area (Å²) < 4.78 is 41.8. The van der Waals surface area contributed by atoms with Crippen molar-refractivity contribution in [2.75, 3.05) is 11.9 Å². The average Bonchev–Trinajstić information content (AvgIpc) is 2.71. The maximum absolute atomic E-state index is 14.3. The topological polar surface area (TPSA) is 54.0 Å². The summed E-state index contributed by atoms with van der Waals surface area (Å²) in [7, 11) is 0. The van der Waals surface area contributed by atoms with Crippen molar-refractivity contribution >= 4 is 23.2 Å². The van der Waals surface area contributed by atoms with Gasteiger partial charge in [-0.1, -0.05) is 11.6 Å². The van der Waals surface area contributed by atoms with Crippen molar-refractivity contribution in [3.63, 3.8) is 0 Å². The quantitative estimate of drug-likeness (QED) is 0.479. The zero-order chi connectivity index (χ0) is 22.0. The minimum Gasteiger partial charge on any atom is -0.383 e. The van der Waals surface area contributed by atoms with E-state index >= 15 is 0 Å². The van der Waals surface area contributed by atoms with Gasteiger partial charge < -0.3 is 10.6 Å². The zero-order valence-electron chi connectivity index (χ0n) is 17.2. The van der Waals surface area contributed by atoms with Crippen LogP contribution in [0.25, 0.3) is 0 Å². The first kappa shape index (κ1) is 22.4. The van der Waals surface area contributed by atoms with Crippen molar-refractivity contribution in [1.29, 1.82) is 0 Å². The van der Waals surface area contributed by atoms with Gasteiger partial charge in [-0.25, -0.2) is 13.2 Å². The third-order valence-corrected chi connectivity index (χ3v) is 6.05. The summed E-state index contributed by atoms with van der Waals surface area (Å²) in [6, 6.07) is 3.82. The zero-order valence-corrected chi connectivity index (χ0v) is 18.0. The maximum Gasteiger partial charge on any atom is 0.256 e. The molecule has 8 heteroatoms. The van der Waals surface area contributed by atoms with Crippen molar-refractivity contribution in [2.45, 2.75) is 52.5 Å². The number of carbonyl (C=O) groups excluding carboxylic acids is 1. The molecule has 0 unspecified atom stereocenters. The van der Waals surface area contributed by atoms with Gasteiger partial charge in [0.05, 0.1) is 22.0 Å². The lowest BCUT2D eigenvalue weighted by atomic mass is 9.85. The molecule has 1 amide bonds. The third kappa shape index (κ3) is 4.72. The monoisotopic (exact) mass is 439 g/mol. The van der Waals surface area contributed by atoms with Crippen LogP contribution in [0.3, 0.4) is 0 Å². The fourth-order valence-corrected chi connectivity index (χ4v) is 4.10. The Labute approximate surface area is 179 Å². The largest absolute Gasteiger partial charge is 0.383 e. The Hall–Kier alpha value is -2.28. The molecule has 30 heavy (non-hydrogen) atoms. The molecule has 2 aromatic rings. The normalized spacial score (nSPS) is 18.9. The van der Waals surface area contributed by atoms with Crippen LogP contribution in [0.4, 0.5) is 18.9 Å². The van der Waals surface area contributed by atoms with Crippen LogP contribution < -0.4 is 10.6 Å². The second kappa shape index (κ2) is 9.25. The highest BCUT2D eigenvalue weighted by Crippen LogP contribution is 2.30. The number of nitrogens with zero attached hydrogens (tertiary/aromatic N) is 1. The van der Waals surface area contributed by atoms with Crippen molar-refractivity contribution in [1.82, 2.24) is 10.3 Å². The van der Waals surface area contributed by atoms with Crippen molar-refractivity contribution in [3.8, 4) is 0 Å². The molecule has 0 aliphatic heterocycles. The first-order chi connectivity index (χ1) is 14.2. The molecule has 0 spiro atoms. The molecule has 0 saturated heterocycles. The van der Waals surface area contributed by atoms with Crippen LogP contribution in [0.5, 0.6) is 0 Å². The van der Waals surface area contributed by atoms with Crippen LogP contribution in [-0.2, 0) is 0 Å². The van der Waals surface area contributed by atoms with Gasteiger partial charge in [-0.05, 0) is 64.5 Å². The molecule has 3 rings (SSSR count).